The van der Waals surface area contributed by atoms with Crippen LogP contribution in [-0.4, -0.2) is 14.7 Å². The number of hydrogen-bond donors (Lipinski definition) is 1. The monoisotopic (exact) mass is 295 g/mol. The van der Waals surface area contributed by atoms with Gasteiger partial charge in [0.2, 0.25) is 5.91 Å². The van der Waals surface area contributed by atoms with Gasteiger partial charge in [0.05, 0.1) is 5.54 Å². The van der Waals surface area contributed by atoms with Gasteiger partial charge in [-0.15, -0.1) is 0 Å². The first-order valence-corrected chi connectivity index (χ1v) is 5.67. The van der Waals surface area contributed by atoms with Crippen LogP contribution in [0.25, 0.3) is 0 Å². The molecule has 1 heterocycles. The number of hydrogen-bond acceptors (Lipinski definition) is 1. The van der Waals surface area contributed by atoms with Gasteiger partial charge in [0.25, 0.3) is 0 Å². The van der Waals surface area contributed by atoms with Gasteiger partial charge < -0.3 is 5.32 Å². The number of alkyl halides is 2. The molecule has 2 aliphatic rings. The zero-order chi connectivity index (χ0) is 9.15. The van der Waals surface area contributed by atoms with Crippen molar-refractivity contribution in [3.8, 4) is 0 Å². The minimum atomic E-state index is -0.0816. The first-order chi connectivity index (χ1) is 5.39. The van der Waals surface area contributed by atoms with Gasteiger partial charge in [-0.05, 0) is 12.8 Å². The van der Waals surface area contributed by atoms with Crippen LogP contribution in [0, 0.1) is 11.8 Å². The molecule has 1 saturated heterocycles. The van der Waals surface area contributed by atoms with Crippen molar-refractivity contribution in [2.24, 2.45) is 11.8 Å². The van der Waals surface area contributed by atoms with Crippen molar-refractivity contribution < 1.29 is 4.79 Å². The van der Waals surface area contributed by atoms with Gasteiger partial charge in [0.15, 0.2) is 0 Å². The summed E-state index contributed by atoms with van der Waals surface area (Å²) in [4.78, 5) is 11.3. The van der Waals surface area contributed by atoms with Crippen molar-refractivity contribution in [3.05, 3.63) is 0 Å². The molecule has 68 valence electrons. The Morgan fingerprint density at radius 3 is 2.67 bits per heavy atom. The Morgan fingerprint density at radius 1 is 1.58 bits per heavy atom. The van der Waals surface area contributed by atoms with E-state index in [-0.39, 0.29) is 14.7 Å². The summed E-state index contributed by atoms with van der Waals surface area (Å²) in [6.07, 6.45) is 0.652. The largest absolute Gasteiger partial charge is 0.348 e. The van der Waals surface area contributed by atoms with Crippen molar-refractivity contribution >= 4 is 37.8 Å². The van der Waals surface area contributed by atoms with Crippen LogP contribution in [0.2, 0.25) is 0 Å². The standard InChI is InChI=1S/C8H11Br2NO/c1-4-3-5(12)11-7(2)6(4)8(7,9)10/h4,6H,3H2,1-2H3,(H,11,12)/t4-,6+,7-/m0/s1. The van der Waals surface area contributed by atoms with E-state index in [0.29, 0.717) is 18.3 Å². The fraction of sp³-hybridized carbons (Fsp3) is 0.875. The Hall–Kier alpha value is 0.430. The van der Waals surface area contributed by atoms with E-state index >= 15 is 0 Å². The van der Waals surface area contributed by atoms with E-state index in [1.54, 1.807) is 0 Å². The fourth-order valence-corrected chi connectivity index (χ4v) is 4.68. The molecule has 0 aromatic carbocycles. The third kappa shape index (κ3) is 0.882. The zero-order valence-corrected chi connectivity index (χ0v) is 10.2. The molecular weight excluding hydrogens is 286 g/mol. The van der Waals surface area contributed by atoms with Crippen LogP contribution in [0.15, 0.2) is 0 Å². The minimum Gasteiger partial charge on any atom is -0.348 e. The lowest BCUT2D eigenvalue weighted by atomic mass is 9.95. The van der Waals surface area contributed by atoms with E-state index in [9.17, 15) is 4.79 Å². The fourth-order valence-electron chi connectivity index (χ4n) is 2.40. The van der Waals surface area contributed by atoms with Gasteiger partial charge in [0.1, 0.15) is 3.23 Å². The van der Waals surface area contributed by atoms with Gasteiger partial charge in [0, 0.05) is 12.3 Å². The van der Waals surface area contributed by atoms with Crippen LogP contribution in [0.1, 0.15) is 20.3 Å². The lowest BCUT2D eigenvalue weighted by Crippen LogP contribution is -2.43. The second-order valence-corrected chi connectivity index (χ2v) is 7.60. The van der Waals surface area contributed by atoms with Gasteiger partial charge in [-0.1, -0.05) is 38.8 Å². The van der Waals surface area contributed by atoms with Crippen LogP contribution in [-0.2, 0) is 4.79 Å². The summed E-state index contributed by atoms with van der Waals surface area (Å²) in [5.74, 6) is 1.15. The molecule has 0 aromatic heterocycles. The predicted molar refractivity (Wildman–Crippen MR) is 54.4 cm³/mol. The van der Waals surface area contributed by atoms with E-state index in [2.05, 4.69) is 51.0 Å². The highest BCUT2D eigenvalue weighted by atomic mass is 79.9. The molecular formula is C8H11Br2NO. The molecule has 1 saturated carbocycles. The number of fused-ring (bicyclic) bond motifs is 1. The molecule has 0 aromatic rings. The maximum atomic E-state index is 11.3. The summed E-state index contributed by atoms with van der Waals surface area (Å²) in [5, 5.41) is 3.02. The Balaban J connectivity index is 2.29. The normalized spacial score (nSPS) is 49.5. The molecule has 1 N–H and O–H groups in total. The van der Waals surface area contributed by atoms with E-state index in [1.165, 1.54) is 0 Å². The van der Waals surface area contributed by atoms with Gasteiger partial charge in [-0.25, -0.2) is 0 Å². The maximum Gasteiger partial charge on any atom is 0.220 e. The summed E-state index contributed by atoms with van der Waals surface area (Å²) >= 11 is 7.21. The molecule has 1 aliphatic heterocycles. The molecule has 4 heteroatoms. The second-order valence-electron chi connectivity index (χ2n) is 4.03. The first-order valence-electron chi connectivity index (χ1n) is 4.08. The third-order valence-electron chi connectivity index (χ3n) is 3.10. The molecule has 0 radical (unpaired) electrons. The van der Waals surface area contributed by atoms with Crippen molar-refractivity contribution in [1.29, 1.82) is 0 Å². The van der Waals surface area contributed by atoms with Gasteiger partial charge in [-0.2, -0.15) is 0 Å². The van der Waals surface area contributed by atoms with Crippen LogP contribution >= 0.6 is 31.9 Å². The molecule has 0 unspecified atom stereocenters. The summed E-state index contributed by atoms with van der Waals surface area (Å²) in [7, 11) is 0. The predicted octanol–water partition coefficient (Wildman–Crippen LogP) is 2.02. The Kier molecular flexibility index (Phi) is 1.70. The summed E-state index contributed by atoms with van der Waals surface area (Å²) in [6.45, 7) is 4.21. The van der Waals surface area contributed by atoms with E-state index in [1.807, 2.05) is 0 Å². The number of carbonyl (C=O) groups excluding carboxylic acids is 1. The number of piperidine rings is 1. The number of rotatable bonds is 0. The quantitative estimate of drug-likeness (QED) is 0.681. The third-order valence-corrected chi connectivity index (χ3v) is 5.73. The topological polar surface area (TPSA) is 29.1 Å². The molecule has 1 amide bonds. The average Bonchev–Trinajstić information content (AvgIpc) is 2.24. The SMILES string of the molecule is C[C@H]1CC(=O)N[C@@]2(C)[C@@H]1C2(Br)Br. The second kappa shape index (κ2) is 2.27. The van der Waals surface area contributed by atoms with E-state index in [4.69, 9.17) is 0 Å². The van der Waals surface area contributed by atoms with Crippen LogP contribution in [0.4, 0.5) is 0 Å². The molecule has 2 fully saturated rings. The molecule has 12 heavy (non-hydrogen) atoms. The Morgan fingerprint density at radius 2 is 2.17 bits per heavy atom. The Labute approximate surface area is 88.7 Å². The van der Waals surface area contributed by atoms with Crippen molar-refractivity contribution in [2.45, 2.75) is 29.0 Å². The summed E-state index contributed by atoms with van der Waals surface area (Å²) in [6, 6.07) is 0. The number of halogens is 2. The number of nitrogens with one attached hydrogen (secondary N) is 1. The summed E-state index contributed by atoms with van der Waals surface area (Å²) in [5.41, 5.74) is -0.0816. The molecule has 2 rings (SSSR count). The van der Waals surface area contributed by atoms with Crippen molar-refractivity contribution in [2.75, 3.05) is 0 Å². The zero-order valence-electron chi connectivity index (χ0n) is 7.03. The first kappa shape index (κ1) is 9.00. The Bertz CT molecular complexity index is 253. The average molecular weight is 297 g/mol. The maximum absolute atomic E-state index is 11.3. The van der Waals surface area contributed by atoms with Crippen molar-refractivity contribution in [3.63, 3.8) is 0 Å². The molecule has 2 nitrogen and oxygen atoms in total. The summed E-state index contributed by atoms with van der Waals surface area (Å²) < 4.78 is -0.0709. The lowest BCUT2D eigenvalue weighted by Gasteiger charge is -2.23. The van der Waals surface area contributed by atoms with E-state index < -0.39 is 0 Å². The highest BCUT2D eigenvalue weighted by Crippen LogP contribution is 2.69. The molecule has 0 bridgehead atoms. The molecule has 1 aliphatic carbocycles. The van der Waals surface area contributed by atoms with Gasteiger partial charge in [-0.3, -0.25) is 4.79 Å². The van der Waals surface area contributed by atoms with Gasteiger partial charge >= 0.3 is 0 Å². The smallest absolute Gasteiger partial charge is 0.220 e. The molecule has 3 atom stereocenters. The van der Waals surface area contributed by atoms with Crippen LogP contribution in [0.3, 0.4) is 0 Å². The van der Waals surface area contributed by atoms with E-state index in [0.717, 1.165) is 0 Å². The lowest BCUT2D eigenvalue weighted by molar-refractivity contribution is -0.124. The highest BCUT2D eigenvalue weighted by Gasteiger charge is 2.75. The minimum absolute atomic E-state index is 0.0709. The van der Waals surface area contributed by atoms with Crippen molar-refractivity contribution in [1.82, 2.24) is 5.32 Å². The number of amides is 1. The number of carbonyl (C=O) groups is 1. The van der Waals surface area contributed by atoms with Crippen LogP contribution in [0.5, 0.6) is 0 Å². The highest BCUT2D eigenvalue weighted by molar-refractivity contribution is 9.25. The molecule has 0 spiro atoms. The van der Waals surface area contributed by atoms with Crippen LogP contribution < -0.4 is 5.32 Å².